The Hall–Kier alpha value is -1.36. The Labute approximate surface area is 108 Å². The quantitative estimate of drug-likeness (QED) is 0.745. The van der Waals surface area contributed by atoms with Crippen LogP contribution in [0.25, 0.3) is 0 Å². The summed E-state index contributed by atoms with van der Waals surface area (Å²) >= 11 is 0. The van der Waals surface area contributed by atoms with Crippen molar-refractivity contribution in [1.82, 2.24) is 14.0 Å². The predicted molar refractivity (Wildman–Crippen MR) is 73.1 cm³/mol. The zero-order chi connectivity index (χ0) is 13.7. The Balaban J connectivity index is 2.77. The maximum atomic E-state index is 11.9. The van der Waals surface area contributed by atoms with Crippen molar-refractivity contribution in [2.24, 2.45) is 7.05 Å². The fourth-order valence-corrected chi connectivity index (χ4v) is 2.04. The summed E-state index contributed by atoms with van der Waals surface area (Å²) in [6, 6.07) is 1.51. The summed E-state index contributed by atoms with van der Waals surface area (Å²) in [5, 5.41) is 0. The van der Waals surface area contributed by atoms with E-state index in [1.807, 2.05) is 0 Å². The van der Waals surface area contributed by atoms with Gasteiger partial charge in [-0.15, -0.1) is 0 Å². The molecule has 0 atom stereocenters. The highest BCUT2D eigenvalue weighted by molar-refractivity contribution is 4.99. The van der Waals surface area contributed by atoms with E-state index >= 15 is 0 Å². The van der Waals surface area contributed by atoms with E-state index in [0.29, 0.717) is 6.54 Å². The van der Waals surface area contributed by atoms with Gasteiger partial charge in [0.2, 0.25) is 0 Å². The Morgan fingerprint density at radius 3 is 2.39 bits per heavy atom. The van der Waals surface area contributed by atoms with Crippen molar-refractivity contribution in [1.29, 1.82) is 0 Å². The minimum atomic E-state index is -0.238. The number of hydrogen-bond acceptors (Lipinski definition) is 3. The third-order valence-corrected chi connectivity index (χ3v) is 3.36. The first-order valence-electron chi connectivity index (χ1n) is 6.51. The molecule has 18 heavy (non-hydrogen) atoms. The van der Waals surface area contributed by atoms with E-state index < -0.39 is 0 Å². The van der Waals surface area contributed by atoms with Gasteiger partial charge in [-0.25, -0.2) is 4.79 Å². The van der Waals surface area contributed by atoms with E-state index in [-0.39, 0.29) is 11.2 Å². The van der Waals surface area contributed by atoms with Gasteiger partial charge in [0, 0.05) is 25.4 Å². The molecule has 102 valence electrons. The summed E-state index contributed by atoms with van der Waals surface area (Å²) in [6.45, 7) is 9.76. The normalized spacial score (nSPS) is 11.2. The van der Waals surface area contributed by atoms with Crippen LogP contribution in [0.1, 0.15) is 26.0 Å². The minimum Gasteiger partial charge on any atom is -0.304 e. The van der Waals surface area contributed by atoms with Crippen molar-refractivity contribution in [2.45, 2.75) is 33.7 Å². The number of aryl methyl sites for hydroxylation is 1. The zero-order valence-electron chi connectivity index (χ0n) is 11.8. The van der Waals surface area contributed by atoms with Crippen LogP contribution in [0.5, 0.6) is 0 Å². The lowest BCUT2D eigenvalue weighted by Crippen LogP contribution is -2.39. The monoisotopic (exact) mass is 253 g/mol. The molecule has 1 rings (SSSR count). The maximum Gasteiger partial charge on any atom is 0.330 e. The molecule has 1 aromatic rings. The van der Waals surface area contributed by atoms with Crippen molar-refractivity contribution in [2.75, 3.05) is 19.6 Å². The van der Waals surface area contributed by atoms with Gasteiger partial charge in [-0.3, -0.25) is 13.9 Å². The molecule has 0 radical (unpaired) electrons. The van der Waals surface area contributed by atoms with Crippen LogP contribution in [-0.2, 0) is 13.6 Å². The second-order valence-electron chi connectivity index (χ2n) is 4.50. The Kier molecular flexibility index (Phi) is 5.34. The van der Waals surface area contributed by atoms with Crippen LogP contribution in [0.2, 0.25) is 0 Å². The second kappa shape index (κ2) is 6.54. The Morgan fingerprint density at radius 2 is 1.83 bits per heavy atom. The molecule has 0 aliphatic carbocycles. The third kappa shape index (κ3) is 3.32. The summed E-state index contributed by atoms with van der Waals surface area (Å²) in [5.41, 5.74) is 0.277. The van der Waals surface area contributed by atoms with Gasteiger partial charge < -0.3 is 4.90 Å². The SMILES string of the molecule is CCN(CC)CCCn1c(C)cc(=O)n(C)c1=O. The molecule has 0 aromatic carbocycles. The topological polar surface area (TPSA) is 47.2 Å². The molecule has 0 saturated carbocycles. The third-order valence-electron chi connectivity index (χ3n) is 3.36. The lowest BCUT2D eigenvalue weighted by atomic mass is 10.3. The summed E-state index contributed by atoms with van der Waals surface area (Å²) in [6.07, 6.45) is 0.917. The molecule has 5 heteroatoms. The van der Waals surface area contributed by atoms with Crippen molar-refractivity contribution in [3.63, 3.8) is 0 Å². The van der Waals surface area contributed by atoms with Crippen LogP contribution in [0.15, 0.2) is 15.7 Å². The molecule has 5 nitrogen and oxygen atoms in total. The van der Waals surface area contributed by atoms with E-state index in [9.17, 15) is 9.59 Å². The van der Waals surface area contributed by atoms with E-state index in [1.165, 1.54) is 13.1 Å². The van der Waals surface area contributed by atoms with Crippen LogP contribution in [-0.4, -0.2) is 33.7 Å². The average Bonchev–Trinajstić information content (AvgIpc) is 2.35. The van der Waals surface area contributed by atoms with Crippen LogP contribution >= 0.6 is 0 Å². The maximum absolute atomic E-state index is 11.9. The van der Waals surface area contributed by atoms with E-state index in [2.05, 4.69) is 18.7 Å². The lowest BCUT2D eigenvalue weighted by Gasteiger charge is -2.18. The Morgan fingerprint density at radius 1 is 1.22 bits per heavy atom. The molecule has 0 aliphatic rings. The Bertz CT molecular complexity index is 498. The fraction of sp³-hybridized carbons (Fsp3) is 0.692. The lowest BCUT2D eigenvalue weighted by molar-refractivity contribution is 0.291. The first-order chi connectivity index (χ1) is 8.51. The van der Waals surface area contributed by atoms with Crippen LogP contribution in [0.3, 0.4) is 0 Å². The fourth-order valence-electron chi connectivity index (χ4n) is 2.04. The molecule has 1 heterocycles. The highest BCUT2D eigenvalue weighted by Gasteiger charge is 2.06. The van der Waals surface area contributed by atoms with Gasteiger partial charge in [-0.05, 0) is 33.0 Å². The van der Waals surface area contributed by atoms with Gasteiger partial charge in [-0.1, -0.05) is 13.8 Å². The molecule has 0 fully saturated rings. The highest BCUT2D eigenvalue weighted by Crippen LogP contribution is 1.96. The number of rotatable bonds is 6. The van der Waals surface area contributed by atoms with Gasteiger partial charge in [-0.2, -0.15) is 0 Å². The molecule has 0 unspecified atom stereocenters. The van der Waals surface area contributed by atoms with Crippen molar-refractivity contribution >= 4 is 0 Å². The largest absolute Gasteiger partial charge is 0.330 e. The first-order valence-corrected chi connectivity index (χ1v) is 6.51. The van der Waals surface area contributed by atoms with Crippen molar-refractivity contribution in [3.05, 3.63) is 32.6 Å². The van der Waals surface area contributed by atoms with Gasteiger partial charge in [0.15, 0.2) is 0 Å². The summed E-state index contributed by atoms with van der Waals surface area (Å²) in [7, 11) is 1.52. The molecule has 0 N–H and O–H groups in total. The highest BCUT2D eigenvalue weighted by atomic mass is 16.2. The summed E-state index contributed by atoms with van der Waals surface area (Å²) < 4.78 is 2.83. The average molecular weight is 253 g/mol. The molecule has 0 amide bonds. The summed E-state index contributed by atoms with van der Waals surface area (Å²) in [5.74, 6) is 0. The standard InChI is InChI=1S/C13H23N3O2/c1-5-15(6-2)8-7-9-16-11(3)10-12(17)14(4)13(16)18/h10H,5-9H2,1-4H3. The van der Waals surface area contributed by atoms with Crippen LogP contribution in [0.4, 0.5) is 0 Å². The van der Waals surface area contributed by atoms with E-state index in [1.54, 1.807) is 11.5 Å². The summed E-state index contributed by atoms with van der Waals surface area (Å²) in [4.78, 5) is 25.7. The molecule has 0 saturated heterocycles. The first kappa shape index (κ1) is 14.7. The molecular weight excluding hydrogens is 230 g/mol. The van der Waals surface area contributed by atoms with Gasteiger partial charge >= 0.3 is 5.69 Å². The van der Waals surface area contributed by atoms with Gasteiger partial charge in [0.25, 0.3) is 5.56 Å². The van der Waals surface area contributed by atoms with E-state index in [0.717, 1.165) is 36.3 Å². The minimum absolute atomic E-state index is 0.223. The molecule has 0 bridgehead atoms. The molecule has 1 aromatic heterocycles. The van der Waals surface area contributed by atoms with Gasteiger partial charge in [0.05, 0.1) is 0 Å². The van der Waals surface area contributed by atoms with Crippen LogP contribution in [0, 0.1) is 6.92 Å². The van der Waals surface area contributed by atoms with E-state index in [4.69, 9.17) is 0 Å². The predicted octanol–water partition coefficient (Wildman–Crippen LogP) is 0.587. The van der Waals surface area contributed by atoms with Crippen molar-refractivity contribution < 1.29 is 0 Å². The number of hydrogen-bond donors (Lipinski definition) is 0. The van der Waals surface area contributed by atoms with Crippen molar-refractivity contribution in [3.8, 4) is 0 Å². The van der Waals surface area contributed by atoms with Gasteiger partial charge in [0.1, 0.15) is 0 Å². The smallest absolute Gasteiger partial charge is 0.304 e. The zero-order valence-corrected chi connectivity index (χ0v) is 11.8. The van der Waals surface area contributed by atoms with Crippen LogP contribution < -0.4 is 11.2 Å². The molecule has 0 spiro atoms. The number of aromatic nitrogens is 2. The molecule has 0 aliphatic heterocycles. The number of nitrogens with zero attached hydrogens (tertiary/aromatic N) is 3. The second-order valence-corrected chi connectivity index (χ2v) is 4.50. The molecular formula is C13H23N3O2.